The summed E-state index contributed by atoms with van der Waals surface area (Å²) in [5, 5.41) is 31.9. The van der Waals surface area contributed by atoms with Crippen molar-refractivity contribution in [1.82, 2.24) is 0 Å². The Balaban J connectivity index is 1.87. The summed E-state index contributed by atoms with van der Waals surface area (Å²) in [5.74, 6) is 1.58. The largest absolute Gasteiger partial charge is 0.508 e. The molecule has 0 bridgehead atoms. The third-order valence-electron chi connectivity index (χ3n) is 5.78. The zero-order valence-corrected chi connectivity index (χ0v) is 19.1. The van der Waals surface area contributed by atoms with Gasteiger partial charge in [0, 0.05) is 11.6 Å². The molecule has 0 heterocycles. The summed E-state index contributed by atoms with van der Waals surface area (Å²) in [6, 6.07) is 21.9. The minimum Gasteiger partial charge on any atom is -0.508 e. The molecule has 0 amide bonds. The Morgan fingerprint density at radius 3 is 1.82 bits per heavy atom. The molecule has 168 valence electrons. The summed E-state index contributed by atoms with van der Waals surface area (Å²) >= 11 is 0. The van der Waals surface area contributed by atoms with Crippen LogP contribution in [0.2, 0.25) is 0 Å². The molecule has 0 saturated carbocycles. The molecule has 33 heavy (non-hydrogen) atoms. The molecule has 4 rings (SSSR count). The summed E-state index contributed by atoms with van der Waals surface area (Å²) in [6.45, 7) is 7.40. The highest BCUT2D eigenvalue weighted by molar-refractivity contribution is 5.84. The molecule has 0 aliphatic heterocycles. The van der Waals surface area contributed by atoms with Gasteiger partial charge in [-0.1, -0.05) is 36.4 Å². The molecule has 0 unspecified atom stereocenters. The summed E-state index contributed by atoms with van der Waals surface area (Å²) in [6.07, 6.45) is 0. The third-order valence-corrected chi connectivity index (χ3v) is 5.78. The van der Waals surface area contributed by atoms with Gasteiger partial charge in [-0.2, -0.15) is 0 Å². The van der Waals surface area contributed by atoms with Crippen LogP contribution >= 0.6 is 0 Å². The monoisotopic (exact) mass is 441 g/mol. The topological polar surface area (TPSA) is 73.2 Å². The van der Waals surface area contributed by atoms with Gasteiger partial charge in [-0.15, -0.1) is 0 Å². The highest BCUT2D eigenvalue weighted by Gasteiger charge is 2.21. The van der Waals surface area contributed by atoms with Gasteiger partial charge in [0.2, 0.25) is 0 Å². The highest BCUT2D eigenvalue weighted by atomic mass is 16.5. The maximum Gasteiger partial charge on any atom is 0.142 e. The minimum atomic E-state index is 0.129. The molecule has 5 heteroatoms. The minimum absolute atomic E-state index is 0.129. The van der Waals surface area contributed by atoms with Crippen LogP contribution in [0.25, 0.3) is 0 Å². The van der Waals surface area contributed by atoms with Crippen molar-refractivity contribution in [3.8, 4) is 28.7 Å². The lowest BCUT2D eigenvalue weighted by Crippen LogP contribution is -2.11. The van der Waals surface area contributed by atoms with Crippen molar-refractivity contribution in [3.05, 3.63) is 95.1 Å². The number of nitrogens with zero attached hydrogens (tertiary/aromatic N) is 1. The van der Waals surface area contributed by atoms with Gasteiger partial charge in [-0.25, -0.2) is 0 Å². The van der Waals surface area contributed by atoms with E-state index in [1.165, 1.54) is 0 Å². The van der Waals surface area contributed by atoms with E-state index in [2.05, 4.69) is 0 Å². The zero-order valence-electron chi connectivity index (χ0n) is 19.1. The van der Waals surface area contributed by atoms with Crippen molar-refractivity contribution in [1.29, 1.82) is 0 Å². The first-order valence-corrected chi connectivity index (χ1v) is 10.7. The number of phenolic OH excluding ortho intramolecular Hbond substituents is 3. The van der Waals surface area contributed by atoms with Crippen LogP contribution in [0, 0.1) is 27.7 Å². The average Bonchev–Trinajstić information content (AvgIpc) is 2.80. The van der Waals surface area contributed by atoms with Crippen LogP contribution in [0.1, 0.15) is 22.3 Å². The average molecular weight is 442 g/mol. The van der Waals surface area contributed by atoms with Crippen LogP contribution in [-0.2, 0) is 0 Å². The van der Waals surface area contributed by atoms with E-state index in [0.717, 1.165) is 16.7 Å². The van der Waals surface area contributed by atoms with Crippen molar-refractivity contribution < 1.29 is 20.1 Å². The number of rotatable bonds is 5. The van der Waals surface area contributed by atoms with Crippen LogP contribution in [0.15, 0.2) is 72.8 Å². The standard InChI is InChI=1S/C28H27NO4/c1-17-8-5-12-23(26(17)31)29(24-13-6-9-18(2)27(24)32)21-10-7-11-22(16-21)33-28-19(3)14-15-25(30)20(28)4/h5-16,30-32H,1-4H3. The predicted octanol–water partition coefficient (Wildman–Crippen LogP) is 7.30. The lowest BCUT2D eigenvalue weighted by atomic mass is 10.1. The Hall–Kier alpha value is -4.12. The third kappa shape index (κ3) is 4.17. The maximum absolute atomic E-state index is 10.9. The molecular formula is C28H27NO4. The van der Waals surface area contributed by atoms with Gasteiger partial charge in [0.05, 0.1) is 17.1 Å². The molecule has 0 saturated heterocycles. The van der Waals surface area contributed by atoms with Crippen molar-refractivity contribution >= 4 is 17.1 Å². The van der Waals surface area contributed by atoms with E-state index in [-0.39, 0.29) is 17.2 Å². The summed E-state index contributed by atoms with van der Waals surface area (Å²) in [4.78, 5) is 1.81. The van der Waals surface area contributed by atoms with Crippen LogP contribution in [0.3, 0.4) is 0 Å². The second-order valence-corrected chi connectivity index (χ2v) is 8.18. The van der Waals surface area contributed by atoms with E-state index in [1.807, 2.05) is 82.3 Å². The van der Waals surface area contributed by atoms with Crippen LogP contribution in [0.4, 0.5) is 17.1 Å². The number of aryl methyl sites for hydroxylation is 3. The normalized spacial score (nSPS) is 10.8. The van der Waals surface area contributed by atoms with E-state index >= 15 is 0 Å². The summed E-state index contributed by atoms with van der Waals surface area (Å²) in [7, 11) is 0. The first-order chi connectivity index (χ1) is 15.8. The number of benzene rings is 4. The fourth-order valence-corrected chi connectivity index (χ4v) is 3.83. The maximum atomic E-state index is 10.9. The van der Waals surface area contributed by atoms with Crippen molar-refractivity contribution in [2.45, 2.75) is 27.7 Å². The van der Waals surface area contributed by atoms with Gasteiger partial charge in [0.1, 0.15) is 28.7 Å². The zero-order chi connectivity index (χ0) is 23.7. The Morgan fingerprint density at radius 2 is 1.21 bits per heavy atom. The second-order valence-electron chi connectivity index (χ2n) is 8.18. The molecule has 4 aromatic rings. The predicted molar refractivity (Wildman–Crippen MR) is 132 cm³/mol. The molecule has 0 fully saturated rings. The van der Waals surface area contributed by atoms with E-state index in [0.29, 0.717) is 34.1 Å². The van der Waals surface area contributed by atoms with Gasteiger partial charge >= 0.3 is 0 Å². The van der Waals surface area contributed by atoms with Crippen LogP contribution < -0.4 is 9.64 Å². The van der Waals surface area contributed by atoms with Gasteiger partial charge in [0.15, 0.2) is 0 Å². The Morgan fingerprint density at radius 1 is 0.636 bits per heavy atom. The molecular weight excluding hydrogens is 414 g/mol. The Bertz CT molecular complexity index is 1280. The van der Waals surface area contributed by atoms with E-state index < -0.39 is 0 Å². The number of para-hydroxylation sites is 2. The molecule has 0 spiro atoms. The van der Waals surface area contributed by atoms with E-state index in [9.17, 15) is 15.3 Å². The molecule has 3 N–H and O–H groups in total. The molecule has 0 aromatic heterocycles. The lowest BCUT2D eigenvalue weighted by Gasteiger charge is -2.28. The number of aromatic hydroxyl groups is 3. The smallest absolute Gasteiger partial charge is 0.142 e. The molecule has 0 aliphatic carbocycles. The van der Waals surface area contributed by atoms with Crippen LogP contribution in [0.5, 0.6) is 28.7 Å². The molecule has 5 nitrogen and oxygen atoms in total. The van der Waals surface area contributed by atoms with Gasteiger partial charge < -0.3 is 25.0 Å². The fraction of sp³-hybridized carbons (Fsp3) is 0.143. The highest BCUT2D eigenvalue weighted by Crippen LogP contribution is 2.46. The van der Waals surface area contributed by atoms with Gasteiger partial charge in [-0.05, 0) is 74.7 Å². The molecule has 0 atom stereocenters. The fourth-order valence-electron chi connectivity index (χ4n) is 3.83. The van der Waals surface area contributed by atoms with Gasteiger partial charge in [0.25, 0.3) is 0 Å². The molecule has 4 aromatic carbocycles. The number of hydrogen-bond donors (Lipinski definition) is 3. The van der Waals surface area contributed by atoms with Crippen molar-refractivity contribution in [2.24, 2.45) is 0 Å². The van der Waals surface area contributed by atoms with Gasteiger partial charge in [-0.3, -0.25) is 0 Å². The number of phenols is 3. The Labute approximate surface area is 193 Å². The number of anilines is 3. The molecule has 0 radical (unpaired) electrons. The first kappa shape index (κ1) is 22.1. The lowest BCUT2D eigenvalue weighted by molar-refractivity contribution is 0.446. The Kier molecular flexibility index (Phi) is 5.88. The second kappa shape index (κ2) is 8.79. The quantitative estimate of drug-likeness (QED) is 0.303. The summed E-state index contributed by atoms with van der Waals surface area (Å²) in [5.41, 5.74) is 4.79. The molecule has 0 aliphatic rings. The van der Waals surface area contributed by atoms with Crippen molar-refractivity contribution in [2.75, 3.05) is 4.90 Å². The number of hydrogen-bond acceptors (Lipinski definition) is 5. The van der Waals surface area contributed by atoms with E-state index in [4.69, 9.17) is 4.74 Å². The van der Waals surface area contributed by atoms with E-state index in [1.54, 1.807) is 23.1 Å². The SMILES string of the molecule is Cc1cccc(N(c2cccc(Oc3c(C)ccc(O)c3C)c2)c2cccc(C)c2O)c1O. The summed E-state index contributed by atoms with van der Waals surface area (Å²) < 4.78 is 6.18. The first-order valence-electron chi connectivity index (χ1n) is 10.7. The number of ether oxygens (including phenoxy) is 1. The van der Waals surface area contributed by atoms with Crippen LogP contribution in [-0.4, -0.2) is 15.3 Å². The van der Waals surface area contributed by atoms with Crippen molar-refractivity contribution in [3.63, 3.8) is 0 Å².